The number of β-amino-alcohol motifs (C(OH)–C–C–N with tert-alkyl or cyclic N) is 1. The van der Waals surface area contributed by atoms with Crippen LogP contribution in [0.15, 0.2) is 24.3 Å². The molecule has 0 radical (unpaired) electrons. The van der Waals surface area contributed by atoms with Crippen molar-refractivity contribution in [2.75, 3.05) is 26.3 Å². The van der Waals surface area contributed by atoms with Crippen LogP contribution in [0.25, 0.3) is 0 Å². The highest BCUT2D eigenvalue weighted by Gasteiger charge is 2.25. The number of likely N-dealkylation sites (tertiary alicyclic amines) is 1. The summed E-state index contributed by atoms with van der Waals surface area (Å²) in [5.74, 6) is 0. The fourth-order valence-electron chi connectivity index (χ4n) is 2.59. The van der Waals surface area contributed by atoms with Crippen molar-refractivity contribution >= 4 is 11.6 Å². The molecule has 1 aromatic carbocycles. The van der Waals surface area contributed by atoms with Gasteiger partial charge < -0.3 is 14.9 Å². The molecule has 1 saturated heterocycles. The summed E-state index contributed by atoms with van der Waals surface area (Å²) in [6.45, 7) is 2.33. The Bertz CT molecular complexity index is 416. The average molecular weight is 300 g/mol. The number of hydrogen-bond acceptors (Lipinski definition) is 4. The second-order valence-corrected chi connectivity index (χ2v) is 5.64. The molecule has 0 saturated carbocycles. The number of benzene rings is 1. The Hall–Kier alpha value is -0.650. The van der Waals surface area contributed by atoms with Gasteiger partial charge in [0.25, 0.3) is 0 Å². The Balaban J connectivity index is 1.70. The number of hydrogen-bond donors (Lipinski definition) is 2. The van der Waals surface area contributed by atoms with Gasteiger partial charge in [-0.15, -0.1) is 0 Å². The molecule has 2 atom stereocenters. The lowest BCUT2D eigenvalue weighted by molar-refractivity contribution is 0.00405. The molecule has 1 aromatic rings. The van der Waals surface area contributed by atoms with E-state index in [-0.39, 0.29) is 19.3 Å². The summed E-state index contributed by atoms with van der Waals surface area (Å²) in [5, 5.41) is 19.9. The first kappa shape index (κ1) is 15.7. The third-order valence-corrected chi connectivity index (χ3v) is 4.05. The Morgan fingerprint density at radius 2 is 2.20 bits per heavy atom. The number of aliphatic hydroxyl groups is 2. The van der Waals surface area contributed by atoms with Gasteiger partial charge in [0.1, 0.15) is 0 Å². The molecule has 4 nitrogen and oxygen atoms in total. The van der Waals surface area contributed by atoms with E-state index in [1.54, 1.807) is 0 Å². The van der Waals surface area contributed by atoms with E-state index in [0.717, 1.165) is 24.9 Å². The lowest BCUT2D eigenvalue weighted by Crippen LogP contribution is -2.39. The highest BCUT2D eigenvalue weighted by Crippen LogP contribution is 2.18. The Morgan fingerprint density at radius 1 is 1.40 bits per heavy atom. The molecule has 2 rings (SSSR count). The molecule has 5 heteroatoms. The van der Waals surface area contributed by atoms with E-state index in [1.165, 1.54) is 0 Å². The molecule has 0 aromatic heterocycles. The van der Waals surface area contributed by atoms with E-state index in [1.807, 2.05) is 24.3 Å². The number of aliphatic hydroxyl groups excluding tert-OH is 2. The van der Waals surface area contributed by atoms with E-state index in [9.17, 15) is 10.2 Å². The van der Waals surface area contributed by atoms with E-state index >= 15 is 0 Å². The lowest BCUT2D eigenvalue weighted by atomic mass is 10.2. The molecule has 0 amide bonds. The van der Waals surface area contributed by atoms with Crippen molar-refractivity contribution < 1.29 is 14.9 Å². The van der Waals surface area contributed by atoms with Gasteiger partial charge >= 0.3 is 0 Å². The Morgan fingerprint density at radius 3 is 2.95 bits per heavy atom. The third-order valence-electron chi connectivity index (χ3n) is 3.68. The van der Waals surface area contributed by atoms with E-state index in [0.29, 0.717) is 18.2 Å². The van der Waals surface area contributed by atoms with Crippen LogP contribution in [0.5, 0.6) is 0 Å². The zero-order chi connectivity index (χ0) is 14.4. The van der Waals surface area contributed by atoms with Crippen molar-refractivity contribution in [3.05, 3.63) is 34.9 Å². The molecule has 0 spiro atoms. The molecule has 0 bridgehead atoms. The van der Waals surface area contributed by atoms with Crippen LogP contribution in [0, 0.1) is 0 Å². The maximum atomic E-state index is 9.99. The minimum atomic E-state index is -0.537. The summed E-state index contributed by atoms with van der Waals surface area (Å²) >= 11 is 6.04. The summed E-state index contributed by atoms with van der Waals surface area (Å²) in [4.78, 5) is 2.13. The van der Waals surface area contributed by atoms with Crippen molar-refractivity contribution in [1.82, 2.24) is 4.90 Å². The van der Waals surface area contributed by atoms with Crippen LogP contribution in [-0.2, 0) is 11.3 Å². The average Bonchev–Trinajstić information content (AvgIpc) is 2.88. The second kappa shape index (κ2) is 7.96. The van der Waals surface area contributed by atoms with Gasteiger partial charge in [0, 0.05) is 17.6 Å². The smallest absolute Gasteiger partial charge is 0.0900 e. The molecule has 2 unspecified atom stereocenters. The van der Waals surface area contributed by atoms with Gasteiger partial charge in [0.15, 0.2) is 0 Å². The van der Waals surface area contributed by atoms with Gasteiger partial charge in [-0.2, -0.15) is 0 Å². The molecule has 1 aliphatic heterocycles. The normalized spacial score (nSPS) is 21.2. The van der Waals surface area contributed by atoms with E-state index in [2.05, 4.69) is 4.90 Å². The zero-order valence-corrected chi connectivity index (χ0v) is 12.3. The van der Waals surface area contributed by atoms with Crippen LogP contribution in [0.3, 0.4) is 0 Å². The first-order valence-corrected chi connectivity index (χ1v) is 7.42. The van der Waals surface area contributed by atoms with Crippen LogP contribution in [0.4, 0.5) is 0 Å². The van der Waals surface area contributed by atoms with Crippen LogP contribution in [0.1, 0.15) is 18.4 Å². The minimum Gasteiger partial charge on any atom is -0.395 e. The van der Waals surface area contributed by atoms with E-state index < -0.39 is 6.10 Å². The molecule has 2 N–H and O–H groups in total. The van der Waals surface area contributed by atoms with Crippen LogP contribution >= 0.6 is 11.6 Å². The van der Waals surface area contributed by atoms with Gasteiger partial charge in [-0.05, 0) is 31.0 Å². The second-order valence-electron chi connectivity index (χ2n) is 5.23. The summed E-state index contributed by atoms with van der Waals surface area (Å²) in [6.07, 6.45) is 1.55. The highest BCUT2D eigenvalue weighted by atomic mass is 35.5. The molecule has 1 heterocycles. The van der Waals surface area contributed by atoms with Crippen LogP contribution in [-0.4, -0.2) is 53.6 Å². The topological polar surface area (TPSA) is 52.9 Å². The fraction of sp³-hybridized carbons (Fsp3) is 0.600. The van der Waals surface area contributed by atoms with Gasteiger partial charge in [-0.1, -0.05) is 29.8 Å². The van der Waals surface area contributed by atoms with Gasteiger partial charge in [-0.25, -0.2) is 0 Å². The van der Waals surface area contributed by atoms with Crippen molar-refractivity contribution in [2.45, 2.75) is 31.6 Å². The molecule has 1 aliphatic rings. The van der Waals surface area contributed by atoms with Crippen molar-refractivity contribution in [2.24, 2.45) is 0 Å². The van der Waals surface area contributed by atoms with Crippen LogP contribution in [0.2, 0.25) is 5.02 Å². The van der Waals surface area contributed by atoms with Crippen LogP contribution < -0.4 is 0 Å². The molecule has 112 valence electrons. The fourth-order valence-corrected chi connectivity index (χ4v) is 2.78. The first-order valence-electron chi connectivity index (χ1n) is 7.05. The summed E-state index contributed by atoms with van der Waals surface area (Å²) in [7, 11) is 0. The van der Waals surface area contributed by atoms with Gasteiger partial charge in [-0.3, -0.25) is 4.90 Å². The molecular formula is C15H22ClNO3. The maximum Gasteiger partial charge on any atom is 0.0900 e. The SMILES string of the molecule is OCC1CCCN1CC(O)COCc1ccccc1Cl. The third kappa shape index (κ3) is 4.43. The summed E-state index contributed by atoms with van der Waals surface area (Å²) in [6, 6.07) is 7.72. The number of ether oxygens (including phenoxy) is 1. The number of rotatable bonds is 7. The van der Waals surface area contributed by atoms with Gasteiger partial charge in [0.05, 0.1) is 25.9 Å². The monoisotopic (exact) mass is 299 g/mol. The largest absolute Gasteiger partial charge is 0.395 e. The first-order chi connectivity index (χ1) is 9.70. The highest BCUT2D eigenvalue weighted by molar-refractivity contribution is 6.31. The minimum absolute atomic E-state index is 0.160. The maximum absolute atomic E-state index is 9.99. The standard InChI is InChI=1S/C15H22ClNO3/c16-15-6-2-1-4-12(15)10-20-11-14(19)8-17-7-3-5-13(17)9-18/h1-2,4,6,13-14,18-19H,3,5,7-11H2. The summed E-state index contributed by atoms with van der Waals surface area (Å²) < 4.78 is 5.52. The quantitative estimate of drug-likeness (QED) is 0.804. The molecule has 0 aliphatic carbocycles. The molecule has 20 heavy (non-hydrogen) atoms. The Kier molecular flexibility index (Phi) is 6.26. The van der Waals surface area contributed by atoms with Crippen molar-refractivity contribution in [1.29, 1.82) is 0 Å². The van der Waals surface area contributed by atoms with Gasteiger partial charge in [0.2, 0.25) is 0 Å². The van der Waals surface area contributed by atoms with E-state index in [4.69, 9.17) is 16.3 Å². The Labute approximate surface area is 124 Å². The molecule has 1 fully saturated rings. The number of halogens is 1. The molecular weight excluding hydrogens is 278 g/mol. The number of nitrogens with zero attached hydrogens (tertiary/aromatic N) is 1. The van der Waals surface area contributed by atoms with Crippen molar-refractivity contribution in [3.8, 4) is 0 Å². The summed E-state index contributed by atoms with van der Waals surface area (Å²) in [5.41, 5.74) is 0.927. The van der Waals surface area contributed by atoms with Crippen molar-refractivity contribution in [3.63, 3.8) is 0 Å². The lowest BCUT2D eigenvalue weighted by Gasteiger charge is -2.25. The predicted molar refractivity (Wildman–Crippen MR) is 78.8 cm³/mol. The predicted octanol–water partition coefficient (Wildman–Crippen LogP) is 1.67. The zero-order valence-electron chi connectivity index (χ0n) is 11.5.